The van der Waals surface area contributed by atoms with E-state index in [1.54, 1.807) is 69.3 Å². The van der Waals surface area contributed by atoms with Crippen molar-refractivity contribution in [2.45, 2.75) is 57.8 Å². The number of azide groups is 1. The van der Waals surface area contributed by atoms with Crippen LogP contribution in [-0.2, 0) is 9.53 Å². The lowest BCUT2D eigenvalue weighted by atomic mass is 10.0. The van der Waals surface area contributed by atoms with E-state index in [2.05, 4.69) is 20.7 Å². The molecule has 0 radical (unpaired) electrons. The van der Waals surface area contributed by atoms with Crippen LogP contribution >= 0.6 is 0 Å². The summed E-state index contributed by atoms with van der Waals surface area (Å²) in [6.07, 6.45) is -0.720. The number of benzene rings is 2. The minimum atomic E-state index is -1.53. The number of carbonyl (C=O) groups excluding carboxylic acids is 2. The molecular formula is C24H32N6O5. The van der Waals surface area contributed by atoms with Gasteiger partial charge in [-0.25, -0.2) is 4.79 Å². The summed E-state index contributed by atoms with van der Waals surface area (Å²) in [6, 6.07) is 12.6. The Kier molecular flexibility index (Phi) is 10.2. The highest BCUT2D eigenvalue weighted by Crippen LogP contribution is 2.24. The van der Waals surface area contributed by atoms with Crippen LogP contribution in [-0.4, -0.2) is 41.4 Å². The Morgan fingerprint density at radius 1 is 1.14 bits per heavy atom. The van der Waals surface area contributed by atoms with Crippen LogP contribution in [0.15, 0.2) is 53.6 Å². The third kappa shape index (κ3) is 10.2. The maximum Gasteiger partial charge on any atom is 0.407 e. The fourth-order valence-corrected chi connectivity index (χ4v) is 3.04. The lowest BCUT2D eigenvalue weighted by Gasteiger charge is -2.20. The summed E-state index contributed by atoms with van der Waals surface area (Å²) in [5.74, 6) is 0.426. The second kappa shape index (κ2) is 13.1. The van der Waals surface area contributed by atoms with Crippen molar-refractivity contribution in [2.24, 2.45) is 5.11 Å². The first-order valence-corrected chi connectivity index (χ1v) is 11.2. The molecule has 5 N–H and O–H groups in total. The molecule has 0 saturated heterocycles. The van der Waals surface area contributed by atoms with Crippen LogP contribution in [0.3, 0.4) is 0 Å². The number of unbranched alkanes of at least 4 members (excludes halogenated alkanes) is 1. The molecule has 0 fully saturated rings. The molecule has 0 aliphatic heterocycles. The molecule has 2 atom stereocenters. The zero-order valence-electron chi connectivity index (χ0n) is 20.1. The monoisotopic (exact) mass is 484 g/mol. The number of aliphatic hydroxyl groups excluding tert-OH is 1. The van der Waals surface area contributed by atoms with Crippen molar-refractivity contribution < 1.29 is 24.2 Å². The molecule has 0 aliphatic rings. The lowest BCUT2D eigenvalue weighted by Crippen LogP contribution is -2.37. The Labute approximate surface area is 204 Å². The summed E-state index contributed by atoms with van der Waals surface area (Å²) < 4.78 is 10.9. The largest absolute Gasteiger partial charge is 0.457 e. The van der Waals surface area contributed by atoms with E-state index in [1.165, 1.54) is 0 Å². The Balaban J connectivity index is 1.82. The second-order valence-electron chi connectivity index (χ2n) is 8.83. The average molecular weight is 485 g/mol. The van der Waals surface area contributed by atoms with Gasteiger partial charge in [0.1, 0.15) is 23.2 Å². The van der Waals surface area contributed by atoms with Crippen LogP contribution in [0.1, 0.15) is 40.0 Å². The third-order valence-corrected chi connectivity index (χ3v) is 4.64. The van der Waals surface area contributed by atoms with E-state index in [0.717, 1.165) is 0 Å². The zero-order valence-corrected chi connectivity index (χ0v) is 20.1. The van der Waals surface area contributed by atoms with Crippen molar-refractivity contribution >= 4 is 23.4 Å². The molecule has 0 bridgehead atoms. The van der Waals surface area contributed by atoms with E-state index >= 15 is 0 Å². The summed E-state index contributed by atoms with van der Waals surface area (Å²) in [5.41, 5.74) is 15.0. The molecule has 11 heteroatoms. The van der Waals surface area contributed by atoms with Gasteiger partial charge < -0.3 is 30.9 Å². The number of ether oxygens (including phenoxy) is 2. The highest BCUT2D eigenvalue weighted by molar-refractivity contribution is 5.94. The molecule has 0 heterocycles. The van der Waals surface area contributed by atoms with Crippen molar-refractivity contribution in [1.82, 2.24) is 5.32 Å². The number of nitrogen functional groups attached to an aromatic ring is 1. The van der Waals surface area contributed by atoms with Gasteiger partial charge in [-0.15, -0.1) is 0 Å². The molecule has 0 unspecified atom stereocenters. The number of carbonyl (C=O) groups is 2. The zero-order chi connectivity index (χ0) is 25.8. The van der Waals surface area contributed by atoms with Crippen molar-refractivity contribution in [3.8, 4) is 11.5 Å². The maximum atomic E-state index is 12.5. The van der Waals surface area contributed by atoms with Gasteiger partial charge in [-0.05, 0) is 75.5 Å². The third-order valence-electron chi connectivity index (χ3n) is 4.64. The van der Waals surface area contributed by atoms with E-state index in [9.17, 15) is 14.7 Å². The van der Waals surface area contributed by atoms with Crippen LogP contribution in [0.5, 0.6) is 11.5 Å². The first-order valence-electron chi connectivity index (χ1n) is 11.2. The molecule has 2 aromatic rings. The standard InChI is InChI=1S/C24H32N6O5/c1-24(2,3)35-23(33)27-14-5-4-9-20(29-30-26)21(31)22(32)28-17-10-12-18(13-11-17)34-19-8-6-7-16(25)15-19/h6-8,10-13,15,20-21,31H,4-5,9,14,25H2,1-3H3,(H,27,33)(H,28,32)/t20-,21-/m0/s1. The summed E-state index contributed by atoms with van der Waals surface area (Å²) in [5, 5.41) is 19.2. The average Bonchev–Trinajstić information content (AvgIpc) is 2.78. The highest BCUT2D eigenvalue weighted by Gasteiger charge is 2.25. The van der Waals surface area contributed by atoms with Crippen LogP contribution in [0.25, 0.3) is 10.4 Å². The van der Waals surface area contributed by atoms with E-state index in [4.69, 9.17) is 20.7 Å². The quantitative estimate of drug-likeness (QED) is 0.118. The number of nitrogens with two attached hydrogens (primary N) is 1. The van der Waals surface area contributed by atoms with E-state index in [-0.39, 0.29) is 6.42 Å². The Morgan fingerprint density at radius 2 is 1.86 bits per heavy atom. The summed E-state index contributed by atoms with van der Waals surface area (Å²) >= 11 is 0. The van der Waals surface area contributed by atoms with Crippen LogP contribution in [0.4, 0.5) is 16.2 Å². The first-order chi connectivity index (χ1) is 16.6. The van der Waals surface area contributed by atoms with Crippen molar-refractivity contribution in [1.29, 1.82) is 0 Å². The molecule has 2 aromatic carbocycles. The summed E-state index contributed by atoms with van der Waals surface area (Å²) in [4.78, 5) is 26.9. The number of hydrogen-bond acceptors (Lipinski definition) is 7. The number of aliphatic hydroxyl groups is 1. The fraction of sp³-hybridized carbons (Fsp3) is 0.417. The normalized spacial score (nSPS) is 12.6. The molecule has 0 saturated carbocycles. The van der Waals surface area contributed by atoms with Crippen LogP contribution < -0.4 is 21.1 Å². The Hall–Kier alpha value is -3.95. The SMILES string of the molecule is CC(C)(C)OC(=O)NCCCC[C@H](N=[N+]=[N-])[C@H](O)C(=O)Nc1ccc(Oc2cccc(N)c2)cc1. The van der Waals surface area contributed by atoms with Crippen molar-refractivity contribution in [2.75, 3.05) is 17.6 Å². The van der Waals surface area contributed by atoms with Gasteiger partial charge >= 0.3 is 6.09 Å². The smallest absolute Gasteiger partial charge is 0.407 e. The number of amides is 2. The highest BCUT2D eigenvalue weighted by atomic mass is 16.6. The maximum absolute atomic E-state index is 12.5. The van der Waals surface area contributed by atoms with Crippen molar-refractivity contribution in [3.63, 3.8) is 0 Å². The Morgan fingerprint density at radius 3 is 2.49 bits per heavy atom. The molecular weight excluding hydrogens is 452 g/mol. The van der Waals surface area contributed by atoms with Crippen LogP contribution in [0.2, 0.25) is 0 Å². The molecule has 11 nitrogen and oxygen atoms in total. The molecule has 0 spiro atoms. The number of nitrogens with zero attached hydrogens (tertiary/aromatic N) is 3. The predicted molar refractivity (Wildman–Crippen MR) is 133 cm³/mol. The molecule has 35 heavy (non-hydrogen) atoms. The minimum Gasteiger partial charge on any atom is -0.457 e. The summed E-state index contributed by atoms with van der Waals surface area (Å²) in [6.45, 7) is 5.66. The number of anilines is 2. The van der Waals surface area contributed by atoms with E-state index in [0.29, 0.717) is 42.3 Å². The van der Waals surface area contributed by atoms with Gasteiger partial charge in [0.05, 0.1) is 6.04 Å². The molecule has 0 aliphatic carbocycles. The predicted octanol–water partition coefficient (Wildman–Crippen LogP) is 4.73. The number of rotatable bonds is 11. The number of alkyl carbamates (subject to hydrolysis) is 1. The number of hydrogen-bond donors (Lipinski definition) is 4. The summed E-state index contributed by atoms with van der Waals surface area (Å²) in [7, 11) is 0. The lowest BCUT2D eigenvalue weighted by molar-refractivity contribution is -0.125. The van der Waals surface area contributed by atoms with Gasteiger partial charge in [0.2, 0.25) is 0 Å². The fourth-order valence-electron chi connectivity index (χ4n) is 3.04. The van der Waals surface area contributed by atoms with E-state index < -0.39 is 29.7 Å². The second-order valence-corrected chi connectivity index (χ2v) is 8.83. The Bertz CT molecular complexity index is 1030. The first kappa shape index (κ1) is 27.3. The van der Waals surface area contributed by atoms with Gasteiger partial charge in [0, 0.05) is 28.9 Å². The van der Waals surface area contributed by atoms with Crippen LogP contribution in [0, 0.1) is 0 Å². The molecule has 0 aromatic heterocycles. The van der Waals surface area contributed by atoms with Gasteiger partial charge in [0.25, 0.3) is 5.91 Å². The van der Waals surface area contributed by atoms with Gasteiger partial charge in [-0.3, -0.25) is 4.79 Å². The van der Waals surface area contributed by atoms with Crippen molar-refractivity contribution in [3.05, 3.63) is 59.0 Å². The number of nitrogens with one attached hydrogen (secondary N) is 2. The minimum absolute atomic E-state index is 0.266. The molecule has 188 valence electrons. The molecule has 2 amide bonds. The topological polar surface area (TPSA) is 172 Å². The van der Waals surface area contributed by atoms with Gasteiger partial charge in [-0.2, -0.15) is 0 Å². The van der Waals surface area contributed by atoms with Gasteiger partial charge in [-0.1, -0.05) is 17.6 Å². The van der Waals surface area contributed by atoms with Gasteiger partial charge in [0.15, 0.2) is 0 Å². The molecule has 2 rings (SSSR count). The van der Waals surface area contributed by atoms with E-state index in [1.807, 2.05) is 0 Å².